The van der Waals surface area contributed by atoms with Crippen LogP contribution in [0.2, 0.25) is 0 Å². The Hall–Kier alpha value is -3.63. The lowest BCUT2D eigenvalue weighted by Gasteiger charge is -2.51. The number of nitrogens with one attached hydrogen (secondary N) is 1. The smallest absolute Gasteiger partial charge is 0.348 e. The number of aliphatic hydroxyl groups is 1. The number of aromatic nitrogens is 3. The zero-order chi connectivity index (χ0) is 23.6. The first-order valence-corrected chi connectivity index (χ1v) is 11.3. The number of esters is 1. The van der Waals surface area contributed by atoms with Gasteiger partial charge in [0.05, 0.1) is 25.6 Å². The maximum Gasteiger partial charge on any atom is 0.348 e. The monoisotopic (exact) mass is 464 g/mol. The molecule has 1 aromatic carbocycles. The molecule has 1 unspecified atom stereocenters. The fraction of sp³-hybridized carbons (Fsp3) is 0.375. The fourth-order valence-corrected chi connectivity index (χ4v) is 5.12. The van der Waals surface area contributed by atoms with Gasteiger partial charge in [0, 0.05) is 24.3 Å². The molecule has 0 aliphatic carbocycles. The van der Waals surface area contributed by atoms with E-state index in [-0.39, 0.29) is 24.3 Å². The van der Waals surface area contributed by atoms with Crippen LogP contribution in [0.1, 0.15) is 24.0 Å². The van der Waals surface area contributed by atoms with E-state index in [2.05, 4.69) is 20.3 Å². The summed E-state index contributed by atoms with van der Waals surface area (Å²) in [7, 11) is 0. The normalized spacial score (nSPS) is 25.3. The molecule has 10 nitrogen and oxygen atoms in total. The lowest BCUT2D eigenvalue weighted by Crippen LogP contribution is -2.66. The number of fused-ring (bicyclic) bond motifs is 3. The summed E-state index contributed by atoms with van der Waals surface area (Å²) < 4.78 is 11.6. The number of ether oxygens (including phenoxy) is 1. The van der Waals surface area contributed by atoms with E-state index in [1.54, 1.807) is 30.3 Å². The van der Waals surface area contributed by atoms with Crippen molar-refractivity contribution in [1.82, 2.24) is 15.0 Å². The highest BCUT2D eigenvalue weighted by Crippen LogP contribution is 2.38. The molecule has 10 heteroatoms. The van der Waals surface area contributed by atoms with E-state index in [1.807, 2.05) is 6.07 Å². The summed E-state index contributed by atoms with van der Waals surface area (Å²) in [5.74, 6) is -0.538. The van der Waals surface area contributed by atoms with Gasteiger partial charge in [-0.1, -0.05) is 30.3 Å². The molecule has 0 spiro atoms. The number of hydrogen-bond donors (Lipinski definition) is 2. The first-order chi connectivity index (χ1) is 16.5. The van der Waals surface area contributed by atoms with Crippen LogP contribution in [-0.4, -0.2) is 68.7 Å². The van der Waals surface area contributed by atoms with Gasteiger partial charge in [-0.3, -0.25) is 10.1 Å². The summed E-state index contributed by atoms with van der Waals surface area (Å²) in [6, 6.07) is 10.3. The molecule has 5 heterocycles. The maximum absolute atomic E-state index is 13.5. The number of rotatable bonds is 7. The quantitative estimate of drug-likeness (QED) is 0.398. The molecule has 3 aliphatic rings. The molecule has 0 saturated carbocycles. The highest BCUT2D eigenvalue weighted by atomic mass is 16.6. The van der Waals surface area contributed by atoms with Crippen molar-refractivity contribution in [1.29, 1.82) is 0 Å². The molecule has 3 aliphatic heterocycles. The number of hydrogen-bond acceptors (Lipinski definition) is 8. The molecule has 1 amide bonds. The van der Waals surface area contributed by atoms with Crippen LogP contribution in [0, 0.1) is 5.92 Å². The van der Waals surface area contributed by atoms with E-state index in [0.717, 1.165) is 25.9 Å². The number of quaternary nitrogens is 1. The van der Waals surface area contributed by atoms with E-state index in [0.29, 0.717) is 22.2 Å². The van der Waals surface area contributed by atoms with Crippen LogP contribution >= 0.6 is 0 Å². The Morgan fingerprint density at radius 2 is 1.85 bits per heavy atom. The van der Waals surface area contributed by atoms with Crippen molar-refractivity contribution in [3.63, 3.8) is 0 Å². The number of benzene rings is 1. The topological polar surface area (TPSA) is 127 Å². The molecule has 2 N–H and O–H groups in total. The van der Waals surface area contributed by atoms with E-state index in [1.165, 1.54) is 25.2 Å². The second-order valence-corrected chi connectivity index (χ2v) is 9.01. The minimum atomic E-state index is -1.98. The number of carbonyl (C=O) groups excluding carboxylic acids is 2. The van der Waals surface area contributed by atoms with Gasteiger partial charge in [0.25, 0.3) is 5.91 Å². The van der Waals surface area contributed by atoms with Crippen LogP contribution in [0.3, 0.4) is 0 Å². The van der Waals surface area contributed by atoms with Gasteiger partial charge >= 0.3 is 5.97 Å². The first kappa shape index (κ1) is 22.2. The lowest BCUT2D eigenvalue weighted by atomic mass is 9.82. The minimum absolute atomic E-state index is 0.194. The average Bonchev–Trinajstić information content (AvgIpc) is 3.40. The van der Waals surface area contributed by atoms with Crippen molar-refractivity contribution < 1.29 is 28.3 Å². The van der Waals surface area contributed by atoms with Gasteiger partial charge in [0.15, 0.2) is 12.6 Å². The van der Waals surface area contributed by atoms with Crippen LogP contribution in [0.4, 0.5) is 5.95 Å². The third-order valence-electron chi connectivity index (χ3n) is 6.95. The van der Waals surface area contributed by atoms with Gasteiger partial charge < -0.3 is 18.7 Å². The summed E-state index contributed by atoms with van der Waals surface area (Å²) >= 11 is 0. The molecule has 0 radical (unpaired) electrons. The molecule has 3 fully saturated rings. The Morgan fingerprint density at radius 3 is 2.53 bits per heavy atom. The van der Waals surface area contributed by atoms with Gasteiger partial charge in [0.1, 0.15) is 19.2 Å². The van der Waals surface area contributed by atoms with Gasteiger partial charge in [-0.2, -0.15) is 0 Å². The van der Waals surface area contributed by atoms with Crippen molar-refractivity contribution in [3.8, 4) is 0 Å². The molecule has 3 aromatic rings. The molecular formula is C24H26N5O5+. The van der Waals surface area contributed by atoms with Crippen molar-refractivity contribution >= 4 is 17.8 Å². The second kappa shape index (κ2) is 8.96. The van der Waals surface area contributed by atoms with Crippen molar-refractivity contribution in [2.75, 3.05) is 31.5 Å². The van der Waals surface area contributed by atoms with Crippen LogP contribution in [0.15, 0.2) is 66.0 Å². The molecule has 2 bridgehead atoms. The Morgan fingerprint density at radius 1 is 1.12 bits per heavy atom. The summed E-state index contributed by atoms with van der Waals surface area (Å²) in [5, 5.41) is 14.3. The van der Waals surface area contributed by atoms with Crippen molar-refractivity contribution in [2.45, 2.75) is 24.5 Å². The summed E-state index contributed by atoms with van der Waals surface area (Å²) in [6.07, 6.45) is 6.69. The Balaban J connectivity index is 1.32. The fourth-order valence-electron chi connectivity index (χ4n) is 5.12. The number of piperidine rings is 3. The molecule has 2 aromatic heterocycles. The Labute approximate surface area is 196 Å². The molecule has 6 rings (SSSR count). The van der Waals surface area contributed by atoms with Gasteiger partial charge in [-0.05, 0) is 11.6 Å². The Kier molecular flexibility index (Phi) is 5.84. The first-order valence-electron chi connectivity index (χ1n) is 11.3. The predicted octanol–water partition coefficient (Wildman–Crippen LogP) is 1.49. The van der Waals surface area contributed by atoms with Crippen LogP contribution < -0.4 is 5.32 Å². The number of amides is 1. The van der Waals surface area contributed by atoms with Crippen LogP contribution in [-0.2, 0) is 19.9 Å². The van der Waals surface area contributed by atoms with E-state index < -0.39 is 17.7 Å². The van der Waals surface area contributed by atoms with Gasteiger partial charge in [-0.25, -0.2) is 19.7 Å². The molecule has 2 atom stereocenters. The number of nitrogens with zero attached hydrogens (tertiary/aromatic N) is 4. The third-order valence-corrected chi connectivity index (χ3v) is 6.95. The molecule has 3 saturated heterocycles. The zero-order valence-electron chi connectivity index (χ0n) is 18.5. The second-order valence-electron chi connectivity index (χ2n) is 9.01. The summed E-state index contributed by atoms with van der Waals surface area (Å²) in [5.41, 5.74) is -1.27. The summed E-state index contributed by atoms with van der Waals surface area (Å²) in [6.45, 7) is 2.40. The van der Waals surface area contributed by atoms with E-state index >= 15 is 0 Å². The number of anilines is 1. The van der Waals surface area contributed by atoms with Crippen molar-refractivity contribution in [2.24, 2.45) is 5.92 Å². The highest BCUT2D eigenvalue weighted by Gasteiger charge is 2.51. The summed E-state index contributed by atoms with van der Waals surface area (Å²) in [4.78, 5) is 37.8. The standard InChI is InChI=1S/C24H25N5O5/c30-21(28-23-26-15-25-16-27-23)13-29-9-6-17(7-10-29)20(12-29)34-22(31)24(32,19-8-11-33-14-19)18-4-2-1-3-5-18/h1-5,8,11,14-17,20,32H,6-7,9-10,12-13H2/p+1/t17?,20?,24-,29?/m1/s1. The Bertz CT molecular complexity index is 1130. The minimum Gasteiger partial charge on any atom is -0.472 e. The third kappa shape index (κ3) is 4.17. The van der Waals surface area contributed by atoms with Crippen LogP contribution in [0.5, 0.6) is 0 Å². The molecule has 34 heavy (non-hydrogen) atoms. The zero-order valence-corrected chi connectivity index (χ0v) is 18.5. The van der Waals surface area contributed by atoms with Gasteiger partial charge in [-0.15, -0.1) is 0 Å². The van der Waals surface area contributed by atoms with Gasteiger partial charge in [0.2, 0.25) is 11.5 Å². The average molecular weight is 465 g/mol. The lowest BCUT2D eigenvalue weighted by molar-refractivity contribution is -0.939. The van der Waals surface area contributed by atoms with Crippen LogP contribution in [0.25, 0.3) is 0 Å². The number of carbonyl (C=O) groups is 2. The number of furan rings is 1. The molecule has 176 valence electrons. The molecular weight excluding hydrogens is 438 g/mol. The van der Waals surface area contributed by atoms with E-state index in [9.17, 15) is 14.7 Å². The van der Waals surface area contributed by atoms with Crippen molar-refractivity contribution in [3.05, 3.63) is 72.7 Å². The SMILES string of the molecule is O=C(C[N+]12CCC(CC1)C(OC(=O)[C@@](O)(c1ccccc1)c1ccoc1)C2)Nc1ncncn1. The predicted molar refractivity (Wildman–Crippen MR) is 119 cm³/mol. The largest absolute Gasteiger partial charge is 0.472 e. The van der Waals surface area contributed by atoms with E-state index in [4.69, 9.17) is 9.15 Å². The highest BCUT2D eigenvalue weighted by molar-refractivity contribution is 5.89. The maximum atomic E-state index is 13.5.